The number of allylic oxidation sites excluding steroid dienone is 1. The highest BCUT2D eigenvalue weighted by Crippen LogP contribution is 2.27. The van der Waals surface area contributed by atoms with E-state index >= 15 is 0 Å². The van der Waals surface area contributed by atoms with Crippen LogP contribution in [-0.2, 0) is 19.4 Å². The van der Waals surface area contributed by atoms with Crippen LogP contribution in [0.3, 0.4) is 0 Å². The van der Waals surface area contributed by atoms with Gasteiger partial charge >= 0.3 is 6.09 Å². The van der Waals surface area contributed by atoms with Gasteiger partial charge < -0.3 is 5.11 Å². The molecule has 2 aliphatic rings. The van der Waals surface area contributed by atoms with Gasteiger partial charge in [0.05, 0.1) is 23.5 Å². The molecular formula is C13H15N3O3. The van der Waals surface area contributed by atoms with Gasteiger partial charge in [0.15, 0.2) is 0 Å². The lowest BCUT2D eigenvalue weighted by Gasteiger charge is -2.21. The quantitative estimate of drug-likeness (QED) is 0.717. The van der Waals surface area contributed by atoms with Crippen molar-refractivity contribution in [3.63, 3.8) is 0 Å². The van der Waals surface area contributed by atoms with E-state index in [1.807, 2.05) is 4.68 Å². The molecule has 1 aromatic rings. The van der Waals surface area contributed by atoms with Gasteiger partial charge in [-0.05, 0) is 19.3 Å². The van der Waals surface area contributed by atoms with Crippen molar-refractivity contribution >= 4 is 12.0 Å². The normalized spacial score (nSPS) is 18.8. The summed E-state index contributed by atoms with van der Waals surface area (Å²) in [4.78, 5) is 24.2. The zero-order chi connectivity index (χ0) is 13.6. The molecule has 0 aromatic carbocycles. The van der Waals surface area contributed by atoms with Crippen molar-refractivity contribution in [2.45, 2.75) is 32.2 Å². The van der Waals surface area contributed by atoms with Gasteiger partial charge in [-0.1, -0.05) is 12.2 Å². The summed E-state index contributed by atoms with van der Waals surface area (Å²) in [6.45, 7) is 4.81. The number of carbonyl (C=O) groups excluding carboxylic acids is 1. The van der Waals surface area contributed by atoms with E-state index in [2.05, 4.69) is 11.7 Å². The average Bonchev–Trinajstić information content (AvgIpc) is 2.58. The number of hydrogen-bond acceptors (Lipinski definition) is 3. The Kier molecular flexibility index (Phi) is 2.66. The lowest BCUT2D eigenvalue weighted by molar-refractivity contribution is 0.0725. The molecule has 0 saturated carbocycles. The molecule has 0 saturated heterocycles. The Morgan fingerprint density at radius 2 is 2.11 bits per heavy atom. The third kappa shape index (κ3) is 1.83. The molecule has 0 radical (unpaired) electrons. The predicted octanol–water partition coefficient (Wildman–Crippen LogP) is 1.45. The highest BCUT2D eigenvalue weighted by atomic mass is 16.4. The van der Waals surface area contributed by atoms with Gasteiger partial charge in [0.1, 0.15) is 0 Å². The Balaban J connectivity index is 2.06. The first kappa shape index (κ1) is 12.0. The summed E-state index contributed by atoms with van der Waals surface area (Å²) in [6, 6.07) is 0. The molecule has 1 aromatic heterocycles. The fourth-order valence-corrected chi connectivity index (χ4v) is 2.79. The van der Waals surface area contributed by atoms with Gasteiger partial charge in [0.25, 0.3) is 5.91 Å². The van der Waals surface area contributed by atoms with Crippen LogP contribution in [-0.4, -0.2) is 38.3 Å². The molecule has 6 heteroatoms. The second kappa shape index (κ2) is 4.22. The maximum absolute atomic E-state index is 12.3. The molecule has 0 aliphatic carbocycles. The van der Waals surface area contributed by atoms with Crippen LogP contribution in [0.2, 0.25) is 0 Å². The number of hydrogen-bond donors (Lipinski definition) is 1. The molecule has 6 nitrogen and oxygen atoms in total. The highest BCUT2D eigenvalue weighted by Gasteiger charge is 2.34. The van der Waals surface area contributed by atoms with Crippen molar-refractivity contribution in [1.29, 1.82) is 0 Å². The average molecular weight is 261 g/mol. The monoisotopic (exact) mass is 261 g/mol. The van der Waals surface area contributed by atoms with Crippen molar-refractivity contribution in [3.05, 3.63) is 29.1 Å². The summed E-state index contributed by atoms with van der Waals surface area (Å²) in [5, 5.41) is 13.5. The molecule has 2 aliphatic heterocycles. The van der Waals surface area contributed by atoms with Gasteiger partial charge in [0, 0.05) is 13.0 Å². The molecule has 19 heavy (non-hydrogen) atoms. The topological polar surface area (TPSA) is 75.4 Å². The molecule has 0 fully saturated rings. The fraction of sp³-hybridized carbons (Fsp3) is 0.462. The Labute approximate surface area is 110 Å². The number of rotatable bonds is 0. The van der Waals surface area contributed by atoms with E-state index in [4.69, 9.17) is 5.11 Å². The van der Waals surface area contributed by atoms with Crippen LogP contribution in [0.15, 0.2) is 12.2 Å². The number of carboxylic acid groups (broad SMARTS) is 1. The molecule has 3 heterocycles. The van der Waals surface area contributed by atoms with Crippen molar-refractivity contribution in [1.82, 2.24) is 14.7 Å². The molecule has 100 valence electrons. The summed E-state index contributed by atoms with van der Waals surface area (Å²) in [6.07, 6.45) is 1.92. The van der Waals surface area contributed by atoms with Crippen LogP contribution in [0, 0.1) is 0 Å². The van der Waals surface area contributed by atoms with Gasteiger partial charge in [-0.25, -0.2) is 9.69 Å². The van der Waals surface area contributed by atoms with Crippen molar-refractivity contribution in [3.8, 4) is 0 Å². The number of amides is 2. The second-order valence-electron chi connectivity index (χ2n) is 5.02. The number of carbonyl (C=O) groups is 2. The van der Waals surface area contributed by atoms with E-state index in [1.165, 1.54) is 0 Å². The Hall–Kier alpha value is -2.11. The minimum Gasteiger partial charge on any atom is -0.465 e. The smallest absolute Gasteiger partial charge is 0.414 e. The van der Waals surface area contributed by atoms with E-state index in [1.54, 1.807) is 0 Å². The summed E-state index contributed by atoms with van der Waals surface area (Å²) < 4.78 is 1.82. The van der Waals surface area contributed by atoms with Crippen LogP contribution in [0.5, 0.6) is 0 Å². The van der Waals surface area contributed by atoms with Gasteiger partial charge in [-0.2, -0.15) is 5.10 Å². The first-order valence-corrected chi connectivity index (χ1v) is 6.38. The van der Waals surface area contributed by atoms with Crippen LogP contribution in [0.4, 0.5) is 4.79 Å². The van der Waals surface area contributed by atoms with E-state index < -0.39 is 12.0 Å². The molecule has 0 atom stereocenters. The maximum atomic E-state index is 12.3. The standard InChI is InChI=1S/C13H15N3O3/c1-8-3-2-4-10-11-9(14-16(10)7-8)5-6-15(12(11)17)13(18)19/h1-7H2,(H,18,19). The van der Waals surface area contributed by atoms with Gasteiger partial charge in [-0.15, -0.1) is 0 Å². The van der Waals surface area contributed by atoms with Gasteiger partial charge in [0.2, 0.25) is 0 Å². The van der Waals surface area contributed by atoms with E-state index in [9.17, 15) is 9.59 Å². The molecule has 3 rings (SSSR count). The SMILES string of the molecule is C=C1CCCc2c3c(nn2C1)CCN(C(=O)O)C3=O. The van der Waals surface area contributed by atoms with Crippen LogP contribution in [0.1, 0.15) is 34.6 Å². The third-order valence-electron chi connectivity index (χ3n) is 3.71. The maximum Gasteiger partial charge on any atom is 0.414 e. The number of fused-ring (bicyclic) bond motifs is 3. The molecular weight excluding hydrogens is 246 g/mol. The lowest BCUT2D eigenvalue weighted by Crippen LogP contribution is -2.41. The molecule has 2 amide bonds. The number of nitrogens with zero attached hydrogens (tertiary/aromatic N) is 3. The first-order valence-electron chi connectivity index (χ1n) is 6.38. The molecule has 0 spiro atoms. The lowest BCUT2D eigenvalue weighted by atomic mass is 10.0. The minimum atomic E-state index is -1.19. The van der Waals surface area contributed by atoms with Crippen molar-refractivity contribution < 1.29 is 14.7 Å². The Morgan fingerprint density at radius 1 is 1.32 bits per heavy atom. The van der Waals surface area contributed by atoms with E-state index in [0.717, 1.165) is 41.1 Å². The Morgan fingerprint density at radius 3 is 2.84 bits per heavy atom. The largest absolute Gasteiger partial charge is 0.465 e. The van der Waals surface area contributed by atoms with Crippen LogP contribution in [0.25, 0.3) is 0 Å². The predicted molar refractivity (Wildman–Crippen MR) is 67.1 cm³/mol. The third-order valence-corrected chi connectivity index (χ3v) is 3.71. The first-order chi connectivity index (χ1) is 9.08. The van der Waals surface area contributed by atoms with E-state index in [0.29, 0.717) is 18.5 Å². The summed E-state index contributed by atoms with van der Waals surface area (Å²) >= 11 is 0. The summed E-state index contributed by atoms with van der Waals surface area (Å²) in [7, 11) is 0. The summed E-state index contributed by atoms with van der Waals surface area (Å²) in [5.74, 6) is -0.428. The van der Waals surface area contributed by atoms with Crippen molar-refractivity contribution in [2.24, 2.45) is 0 Å². The summed E-state index contributed by atoms with van der Waals surface area (Å²) in [5.41, 5.74) is 3.20. The van der Waals surface area contributed by atoms with Crippen LogP contribution < -0.4 is 0 Å². The van der Waals surface area contributed by atoms with Gasteiger partial charge in [-0.3, -0.25) is 9.48 Å². The van der Waals surface area contributed by atoms with Crippen LogP contribution >= 0.6 is 0 Å². The second-order valence-corrected chi connectivity index (χ2v) is 5.02. The zero-order valence-corrected chi connectivity index (χ0v) is 10.6. The molecule has 0 unspecified atom stereocenters. The Bertz CT molecular complexity index is 588. The van der Waals surface area contributed by atoms with Crippen molar-refractivity contribution in [2.75, 3.05) is 6.54 Å². The number of imide groups is 1. The molecule has 1 N–H and O–H groups in total. The highest BCUT2D eigenvalue weighted by molar-refractivity contribution is 6.05. The molecule has 0 bridgehead atoms. The van der Waals surface area contributed by atoms with E-state index in [-0.39, 0.29) is 6.54 Å². The fourth-order valence-electron chi connectivity index (χ4n) is 2.79. The number of aromatic nitrogens is 2. The zero-order valence-electron chi connectivity index (χ0n) is 10.6. The minimum absolute atomic E-state index is 0.193.